The molecule has 2 aromatic rings. The van der Waals surface area contributed by atoms with Crippen LogP contribution in [0.3, 0.4) is 0 Å². The highest BCUT2D eigenvalue weighted by molar-refractivity contribution is 6.09. The number of hydrogen-bond acceptors (Lipinski definition) is 2. The second-order valence-corrected chi connectivity index (χ2v) is 4.35. The number of hydrogen-bond donors (Lipinski definition) is 1. The Morgan fingerprint density at radius 2 is 1.84 bits per heavy atom. The van der Waals surface area contributed by atoms with Gasteiger partial charge in [0.25, 0.3) is 5.91 Å². The van der Waals surface area contributed by atoms with Gasteiger partial charge in [0, 0.05) is 12.7 Å². The molecule has 0 aliphatic carbocycles. The number of nitrogens with zero attached hydrogens (tertiary/aromatic N) is 1. The molecule has 0 saturated carbocycles. The molecule has 19 heavy (non-hydrogen) atoms. The third-order valence-electron chi connectivity index (χ3n) is 3.07. The van der Waals surface area contributed by atoms with Crippen molar-refractivity contribution in [1.82, 2.24) is 0 Å². The molecule has 0 bridgehead atoms. The number of nitrogens with two attached hydrogens (primary N) is 1. The van der Waals surface area contributed by atoms with Crippen molar-refractivity contribution >= 4 is 17.3 Å². The lowest BCUT2D eigenvalue weighted by molar-refractivity contribution is 0.0993. The van der Waals surface area contributed by atoms with E-state index in [9.17, 15) is 9.18 Å². The Morgan fingerprint density at radius 1 is 1.16 bits per heavy atom. The maximum absolute atomic E-state index is 13.7. The van der Waals surface area contributed by atoms with Crippen LogP contribution in [0.1, 0.15) is 15.9 Å². The molecule has 0 fully saturated rings. The molecule has 0 saturated heterocycles. The fourth-order valence-electron chi connectivity index (χ4n) is 1.88. The van der Waals surface area contributed by atoms with Gasteiger partial charge in [-0.3, -0.25) is 4.79 Å². The maximum atomic E-state index is 13.7. The quantitative estimate of drug-likeness (QED) is 0.842. The van der Waals surface area contributed by atoms with Crippen molar-refractivity contribution in [1.29, 1.82) is 0 Å². The summed E-state index contributed by atoms with van der Waals surface area (Å²) in [6.07, 6.45) is 0. The summed E-state index contributed by atoms with van der Waals surface area (Å²) in [5.74, 6) is -0.768. The van der Waals surface area contributed by atoms with Crippen molar-refractivity contribution < 1.29 is 9.18 Å². The first-order valence-corrected chi connectivity index (χ1v) is 5.90. The second-order valence-electron chi connectivity index (χ2n) is 4.35. The molecular formula is C15H15FN2O. The Labute approximate surface area is 111 Å². The molecule has 2 N–H and O–H groups in total. The Kier molecular flexibility index (Phi) is 3.51. The molecular weight excluding hydrogens is 243 g/mol. The zero-order chi connectivity index (χ0) is 14.0. The van der Waals surface area contributed by atoms with Crippen molar-refractivity contribution in [2.45, 2.75) is 6.92 Å². The Balaban J connectivity index is 2.40. The van der Waals surface area contributed by atoms with E-state index in [0.717, 1.165) is 5.56 Å². The predicted molar refractivity (Wildman–Crippen MR) is 74.7 cm³/mol. The minimum Gasteiger partial charge on any atom is -0.398 e. The van der Waals surface area contributed by atoms with Crippen LogP contribution in [-0.4, -0.2) is 13.0 Å². The van der Waals surface area contributed by atoms with Crippen LogP contribution in [0.5, 0.6) is 0 Å². The van der Waals surface area contributed by atoms with Crippen LogP contribution < -0.4 is 10.6 Å². The number of rotatable bonds is 2. The Bertz CT molecular complexity index is 625. The van der Waals surface area contributed by atoms with Crippen molar-refractivity contribution in [3.05, 3.63) is 59.4 Å². The number of carbonyl (C=O) groups excluding carboxylic acids is 1. The van der Waals surface area contributed by atoms with Gasteiger partial charge in [0.15, 0.2) is 0 Å². The number of amides is 1. The van der Waals surface area contributed by atoms with Crippen molar-refractivity contribution in [2.24, 2.45) is 0 Å². The van der Waals surface area contributed by atoms with E-state index in [4.69, 9.17) is 5.73 Å². The fraction of sp³-hybridized carbons (Fsp3) is 0.133. The largest absolute Gasteiger partial charge is 0.398 e. The van der Waals surface area contributed by atoms with E-state index in [-0.39, 0.29) is 11.6 Å². The maximum Gasteiger partial charge on any atom is 0.260 e. The topological polar surface area (TPSA) is 46.3 Å². The van der Waals surface area contributed by atoms with Gasteiger partial charge in [-0.2, -0.15) is 0 Å². The summed E-state index contributed by atoms with van der Waals surface area (Å²) in [5, 5.41) is 0. The summed E-state index contributed by atoms with van der Waals surface area (Å²) in [7, 11) is 1.53. The summed E-state index contributed by atoms with van der Waals surface area (Å²) in [5.41, 5.74) is 7.76. The van der Waals surface area contributed by atoms with Crippen LogP contribution in [0.4, 0.5) is 15.8 Å². The number of aryl methyl sites for hydroxylation is 1. The monoisotopic (exact) mass is 258 g/mol. The normalized spacial score (nSPS) is 10.3. The van der Waals surface area contributed by atoms with Gasteiger partial charge in [-0.15, -0.1) is 0 Å². The zero-order valence-corrected chi connectivity index (χ0v) is 10.9. The Morgan fingerprint density at radius 3 is 2.53 bits per heavy atom. The molecule has 98 valence electrons. The summed E-state index contributed by atoms with van der Waals surface area (Å²) >= 11 is 0. The number of anilines is 2. The SMILES string of the molecule is Cc1cccc(C(=O)N(C)c2ccccc2F)c1N. The zero-order valence-electron chi connectivity index (χ0n) is 10.9. The number of halogens is 1. The van der Waals surface area contributed by atoms with Gasteiger partial charge in [-0.1, -0.05) is 24.3 Å². The molecule has 2 rings (SSSR count). The second kappa shape index (κ2) is 5.10. The number of para-hydroxylation sites is 2. The molecule has 2 aromatic carbocycles. The van der Waals surface area contributed by atoms with Crippen LogP contribution in [0.2, 0.25) is 0 Å². The third-order valence-corrected chi connectivity index (χ3v) is 3.07. The van der Waals surface area contributed by atoms with E-state index in [0.29, 0.717) is 11.3 Å². The Hall–Kier alpha value is -2.36. The van der Waals surface area contributed by atoms with Crippen LogP contribution >= 0.6 is 0 Å². The first-order chi connectivity index (χ1) is 9.02. The fourth-order valence-corrected chi connectivity index (χ4v) is 1.88. The van der Waals surface area contributed by atoms with Gasteiger partial charge in [-0.25, -0.2) is 4.39 Å². The van der Waals surface area contributed by atoms with E-state index < -0.39 is 5.82 Å². The molecule has 0 aliphatic rings. The van der Waals surface area contributed by atoms with Gasteiger partial charge >= 0.3 is 0 Å². The van der Waals surface area contributed by atoms with Crippen LogP contribution in [0.15, 0.2) is 42.5 Å². The highest BCUT2D eigenvalue weighted by Gasteiger charge is 2.18. The summed E-state index contributed by atoms with van der Waals surface area (Å²) in [6, 6.07) is 11.4. The van der Waals surface area contributed by atoms with E-state index in [1.54, 1.807) is 30.3 Å². The number of carbonyl (C=O) groups is 1. The van der Waals surface area contributed by atoms with E-state index in [2.05, 4.69) is 0 Å². The van der Waals surface area contributed by atoms with E-state index in [1.165, 1.54) is 18.0 Å². The van der Waals surface area contributed by atoms with Crippen molar-refractivity contribution in [3.63, 3.8) is 0 Å². The standard InChI is InChI=1S/C15H15FN2O/c1-10-6-5-7-11(14(10)17)15(19)18(2)13-9-4-3-8-12(13)16/h3-9H,17H2,1-2H3. The minimum absolute atomic E-state index is 0.230. The van der Waals surface area contributed by atoms with Crippen LogP contribution in [-0.2, 0) is 0 Å². The van der Waals surface area contributed by atoms with E-state index >= 15 is 0 Å². The van der Waals surface area contributed by atoms with E-state index in [1.807, 2.05) is 13.0 Å². The molecule has 4 heteroatoms. The molecule has 0 aromatic heterocycles. The highest BCUT2D eigenvalue weighted by Crippen LogP contribution is 2.23. The molecule has 0 unspecified atom stereocenters. The van der Waals surface area contributed by atoms with Gasteiger partial charge < -0.3 is 10.6 Å². The number of nitrogen functional groups attached to an aromatic ring is 1. The molecule has 0 radical (unpaired) electrons. The van der Waals surface area contributed by atoms with Crippen molar-refractivity contribution in [3.8, 4) is 0 Å². The average molecular weight is 258 g/mol. The van der Waals surface area contributed by atoms with Gasteiger partial charge in [0.1, 0.15) is 5.82 Å². The molecule has 1 amide bonds. The smallest absolute Gasteiger partial charge is 0.260 e. The highest BCUT2D eigenvalue weighted by atomic mass is 19.1. The van der Waals surface area contributed by atoms with Crippen LogP contribution in [0, 0.1) is 12.7 Å². The lowest BCUT2D eigenvalue weighted by atomic mass is 10.1. The molecule has 3 nitrogen and oxygen atoms in total. The van der Waals surface area contributed by atoms with Crippen molar-refractivity contribution in [2.75, 3.05) is 17.7 Å². The first-order valence-electron chi connectivity index (χ1n) is 5.90. The molecule has 0 spiro atoms. The lowest BCUT2D eigenvalue weighted by Crippen LogP contribution is -2.28. The predicted octanol–water partition coefficient (Wildman–Crippen LogP) is 2.99. The molecule has 0 aliphatic heterocycles. The van der Waals surface area contributed by atoms with Crippen LogP contribution in [0.25, 0.3) is 0 Å². The lowest BCUT2D eigenvalue weighted by Gasteiger charge is -2.19. The molecule has 0 atom stereocenters. The summed E-state index contributed by atoms with van der Waals surface area (Å²) < 4.78 is 13.7. The number of benzene rings is 2. The van der Waals surface area contributed by atoms with Gasteiger partial charge in [0.2, 0.25) is 0 Å². The first kappa shape index (κ1) is 13.1. The summed E-state index contributed by atoms with van der Waals surface area (Å²) in [4.78, 5) is 13.6. The van der Waals surface area contributed by atoms with Gasteiger partial charge in [0.05, 0.1) is 11.3 Å². The van der Waals surface area contributed by atoms with Gasteiger partial charge in [-0.05, 0) is 30.7 Å². The summed E-state index contributed by atoms with van der Waals surface area (Å²) in [6.45, 7) is 1.83. The third kappa shape index (κ3) is 2.42. The molecule has 0 heterocycles. The minimum atomic E-state index is -0.440. The average Bonchev–Trinajstić information content (AvgIpc) is 2.41.